The molecule has 1 aromatic heterocycles. The zero-order valence-corrected chi connectivity index (χ0v) is 15.7. The minimum atomic E-state index is -0.172. The number of hydrogen-bond acceptors (Lipinski definition) is 3. The van der Waals surface area contributed by atoms with E-state index in [4.69, 9.17) is 0 Å². The molecule has 0 radical (unpaired) electrons. The highest BCUT2D eigenvalue weighted by Gasteiger charge is 2.20. The van der Waals surface area contributed by atoms with Crippen molar-refractivity contribution >= 4 is 28.4 Å². The maximum Gasteiger partial charge on any atom is 0.251 e. The molecule has 2 amide bonds. The van der Waals surface area contributed by atoms with Gasteiger partial charge in [-0.1, -0.05) is 43.2 Å². The van der Waals surface area contributed by atoms with Crippen molar-refractivity contribution < 1.29 is 9.59 Å². The fourth-order valence-electron chi connectivity index (χ4n) is 3.78. The molecular formula is C22H24N4O2. The zero-order valence-electron chi connectivity index (χ0n) is 15.7. The van der Waals surface area contributed by atoms with Gasteiger partial charge in [0, 0.05) is 24.6 Å². The Morgan fingerprint density at radius 1 is 1.04 bits per heavy atom. The lowest BCUT2D eigenvalue weighted by Gasteiger charge is -2.14. The number of carbonyl (C=O) groups excluding carboxylic acids is 2. The van der Waals surface area contributed by atoms with Gasteiger partial charge < -0.3 is 10.6 Å². The van der Waals surface area contributed by atoms with Gasteiger partial charge in [0.15, 0.2) is 0 Å². The summed E-state index contributed by atoms with van der Waals surface area (Å²) in [5.74, 6) is 0.436. The Morgan fingerprint density at radius 2 is 1.82 bits per heavy atom. The Kier molecular flexibility index (Phi) is 5.37. The van der Waals surface area contributed by atoms with Crippen molar-refractivity contribution in [2.75, 3.05) is 11.9 Å². The minimum absolute atomic E-state index is 0.126. The first kappa shape index (κ1) is 18.2. The molecule has 0 aliphatic heterocycles. The number of benzene rings is 2. The molecule has 0 unspecified atom stereocenters. The van der Waals surface area contributed by atoms with Gasteiger partial charge in [-0.3, -0.25) is 9.59 Å². The molecule has 1 fully saturated rings. The van der Waals surface area contributed by atoms with Gasteiger partial charge in [0.2, 0.25) is 5.91 Å². The molecule has 3 aromatic rings. The second-order valence-corrected chi connectivity index (χ2v) is 7.22. The van der Waals surface area contributed by atoms with Crippen LogP contribution in [-0.2, 0) is 4.79 Å². The number of rotatable bonds is 6. The Labute approximate surface area is 163 Å². The van der Waals surface area contributed by atoms with Crippen LogP contribution in [-0.4, -0.2) is 28.1 Å². The summed E-state index contributed by atoms with van der Waals surface area (Å²) in [4.78, 5) is 24.6. The summed E-state index contributed by atoms with van der Waals surface area (Å²) in [5, 5.41) is 12.2. The Morgan fingerprint density at radius 3 is 2.64 bits per heavy atom. The van der Waals surface area contributed by atoms with Gasteiger partial charge in [-0.05, 0) is 35.7 Å². The summed E-state index contributed by atoms with van der Waals surface area (Å²) in [6, 6.07) is 15.7. The van der Waals surface area contributed by atoms with E-state index in [0.29, 0.717) is 11.6 Å². The van der Waals surface area contributed by atoms with E-state index in [9.17, 15) is 9.59 Å². The predicted octanol–water partition coefficient (Wildman–Crippen LogP) is 3.91. The van der Waals surface area contributed by atoms with Crippen molar-refractivity contribution in [3.8, 4) is 0 Å². The number of fused-ring (bicyclic) bond motifs is 1. The van der Waals surface area contributed by atoms with E-state index in [1.807, 2.05) is 47.1 Å². The normalized spacial score (nSPS) is 14.3. The number of aromatic nitrogens is 2. The zero-order chi connectivity index (χ0) is 19.3. The molecular weight excluding hydrogens is 352 g/mol. The highest BCUT2D eigenvalue weighted by Crippen LogP contribution is 2.31. The van der Waals surface area contributed by atoms with Crippen LogP contribution in [0.5, 0.6) is 0 Å². The van der Waals surface area contributed by atoms with Gasteiger partial charge in [0.1, 0.15) is 5.82 Å². The number of amides is 2. The molecule has 6 nitrogen and oxygen atoms in total. The number of anilines is 1. The molecule has 2 N–H and O–H groups in total. The molecule has 0 spiro atoms. The van der Waals surface area contributed by atoms with Crippen LogP contribution < -0.4 is 10.6 Å². The second-order valence-electron chi connectivity index (χ2n) is 7.22. The van der Waals surface area contributed by atoms with Crippen molar-refractivity contribution in [2.45, 2.75) is 38.1 Å². The Balaban J connectivity index is 1.29. The lowest BCUT2D eigenvalue weighted by Crippen LogP contribution is -2.28. The molecule has 0 bridgehead atoms. The number of hydrogen-bond donors (Lipinski definition) is 2. The molecule has 1 saturated carbocycles. The average Bonchev–Trinajstić information content (AvgIpc) is 3.39. The van der Waals surface area contributed by atoms with Crippen LogP contribution in [0.2, 0.25) is 0 Å². The molecule has 0 atom stereocenters. The smallest absolute Gasteiger partial charge is 0.251 e. The Bertz CT molecular complexity index is 989. The van der Waals surface area contributed by atoms with E-state index in [2.05, 4.69) is 15.7 Å². The van der Waals surface area contributed by atoms with Crippen LogP contribution >= 0.6 is 0 Å². The maximum atomic E-state index is 12.4. The largest absolute Gasteiger partial charge is 0.352 e. The monoisotopic (exact) mass is 376 g/mol. The summed E-state index contributed by atoms with van der Waals surface area (Å²) in [5.41, 5.74) is 0.596. The molecule has 1 heterocycles. The van der Waals surface area contributed by atoms with Crippen LogP contribution in [0.3, 0.4) is 0 Å². The molecule has 4 rings (SSSR count). The summed E-state index contributed by atoms with van der Waals surface area (Å²) in [6.07, 6.45) is 6.56. The topological polar surface area (TPSA) is 76.0 Å². The molecule has 28 heavy (non-hydrogen) atoms. The standard InChI is InChI=1S/C22H24N4O2/c27-21(25-20-11-14-24-26(20)19-7-3-4-8-19)12-13-23-22(28)18-10-9-16-5-1-2-6-17(16)15-18/h1-2,5-6,9-11,14-15,19H,3-4,7-8,12-13H2,(H,23,28)(H,25,27). The van der Waals surface area contributed by atoms with Gasteiger partial charge in [-0.2, -0.15) is 5.10 Å². The van der Waals surface area contributed by atoms with Gasteiger partial charge in [-0.25, -0.2) is 4.68 Å². The third-order valence-corrected chi connectivity index (χ3v) is 5.26. The van der Waals surface area contributed by atoms with Crippen LogP contribution in [0.4, 0.5) is 5.82 Å². The van der Waals surface area contributed by atoms with E-state index in [1.54, 1.807) is 12.3 Å². The molecule has 6 heteroatoms. The SMILES string of the molecule is O=C(CCNC(=O)c1ccc2ccccc2c1)Nc1ccnn1C1CCCC1. The molecule has 1 aliphatic carbocycles. The van der Waals surface area contributed by atoms with Gasteiger partial charge in [-0.15, -0.1) is 0 Å². The van der Waals surface area contributed by atoms with E-state index >= 15 is 0 Å². The average molecular weight is 376 g/mol. The van der Waals surface area contributed by atoms with E-state index in [0.717, 1.165) is 29.4 Å². The second kappa shape index (κ2) is 8.25. The van der Waals surface area contributed by atoms with Crippen molar-refractivity contribution in [1.29, 1.82) is 0 Å². The first-order chi connectivity index (χ1) is 13.7. The van der Waals surface area contributed by atoms with Gasteiger partial charge in [0.05, 0.1) is 12.2 Å². The molecule has 1 aliphatic rings. The maximum absolute atomic E-state index is 12.4. The minimum Gasteiger partial charge on any atom is -0.352 e. The highest BCUT2D eigenvalue weighted by molar-refractivity contribution is 5.99. The van der Waals surface area contributed by atoms with E-state index < -0.39 is 0 Å². The number of nitrogens with one attached hydrogen (secondary N) is 2. The number of nitrogens with zero attached hydrogens (tertiary/aromatic N) is 2. The molecule has 144 valence electrons. The third-order valence-electron chi connectivity index (χ3n) is 5.26. The number of carbonyl (C=O) groups is 2. The highest BCUT2D eigenvalue weighted by atomic mass is 16.2. The van der Waals surface area contributed by atoms with Crippen molar-refractivity contribution in [1.82, 2.24) is 15.1 Å². The summed E-state index contributed by atoms with van der Waals surface area (Å²) >= 11 is 0. The Hall–Kier alpha value is -3.15. The summed E-state index contributed by atoms with van der Waals surface area (Å²) in [6.45, 7) is 0.287. The predicted molar refractivity (Wildman–Crippen MR) is 109 cm³/mol. The molecule has 2 aromatic carbocycles. The van der Waals surface area contributed by atoms with Crippen LogP contribution in [0.25, 0.3) is 10.8 Å². The van der Waals surface area contributed by atoms with Crippen molar-refractivity contribution in [3.05, 3.63) is 60.3 Å². The first-order valence-electron chi connectivity index (χ1n) is 9.81. The van der Waals surface area contributed by atoms with Crippen LogP contribution in [0.15, 0.2) is 54.7 Å². The van der Waals surface area contributed by atoms with Gasteiger partial charge >= 0.3 is 0 Å². The van der Waals surface area contributed by atoms with Crippen molar-refractivity contribution in [3.63, 3.8) is 0 Å². The van der Waals surface area contributed by atoms with E-state index in [1.165, 1.54) is 12.8 Å². The van der Waals surface area contributed by atoms with Crippen molar-refractivity contribution in [2.24, 2.45) is 0 Å². The van der Waals surface area contributed by atoms with Gasteiger partial charge in [0.25, 0.3) is 5.91 Å². The summed E-state index contributed by atoms with van der Waals surface area (Å²) in [7, 11) is 0. The quantitative estimate of drug-likeness (QED) is 0.685. The fourth-order valence-corrected chi connectivity index (χ4v) is 3.78. The third kappa shape index (κ3) is 4.06. The first-order valence-corrected chi connectivity index (χ1v) is 9.81. The van der Waals surface area contributed by atoms with Crippen LogP contribution in [0, 0.1) is 0 Å². The summed E-state index contributed by atoms with van der Waals surface area (Å²) < 4.78 is 1.92. The fraction of sp³-hybridized carbons (Fsp3) is 0.318. The molecule has 0 saturated heterocycles. The lowest BCUT2D eigenvalue weighted by atomic mass is 10.1. The van der Waals surface area contributed by atoms with Crippen LogP contribution in [0.1, 0.15) is 48.5 Å². The van der Waals surface area contributed by atoms with E-state index in [-0.39, 0.29) is 24.8 Å². The lowest BCUT2D eigenvalue weighted by molar-refractivity contribution is -0.116.